The quantitative estimate of drug-likeness (QED) is 0.367. The molecular weight excluding hydrogens is 525 g/mol. The Hall–Kier alpha value is -2.03. The largest absolute Gasteiger partial charge is 0.481 e. The molecule has 9 heteroatoms. The van der Waals surface area contributed by atoms with E-state index in [-0.39, 0.29) is 16.7 Å². The van der Waals surface area contributed by atoms with Gasteiger partial charge in [-0.15, -0.1) is 0 Å². The van der Waals surface area contributed by atoms with Crippen LogP contribution in [0.25, 0.3) is 0 Å². The maximum absolute atomic E-state index is 13.7. The van der Waals surface area contributed by atoms with E-state index in [0.717, 1.165) is 16.7 Å². The predicted molar refractivity (Wildman–Crippen MR) is 142 cm³/mol. The van der Waals surface area contributed by atoms with Crippen LogP contribution in [-0.2, 0) is 20.6 Å². The number of halogens is 2. The number of carboxylic acid groups (broad SMARTS) is 1. The molecule has 35 heavy (non-hydrogen) atoms. The third kappa shape index (κ3) is 6.04. The Balaban J connectivity index is 1.69. The van der Waals surface area contributed by atoms with Crippen molar-refractivity contribution < 1.29 is 18.3 Å². The molecule has 3 aromatic carbocycles. The molecule has 3 atom stereocenters. The number of benzene rings is 3. The molecule has 0 saturated carbocycles. The third-order valence-corrected chi connectivity index (χ3v) is 10.0. The van der Waals surface area contributed by atoms with Crippen molar-refractivity contribution in [3.63, 3.8) is 0 Å². The maximum Gasteiger partial charge on any atom is 0.308 e. The minimum atomic E-state index is -3.95. The van der Waals surface area contributed by atoms with Crippen molar-refractivity contribution in [3.05, 3.63) is 99.5 Å². The van der Waals surface area contributed by atoms with E-state index in [0.29, 0.717) is 22.2 Å². The van der Waals surface area contributed by atoms with Crippen LogP contribution in [0.4, 0.5) is 0 Å². The van der Waals surface area contributed by atoms with Crippen LogP contribution >= 0.6 is 35.0 Å². The van der Waals surface area contributed by atoms with Gasteiger partial charge in [0.15, 0.2) is 0 Å². The molecule has 0 aromatic heterocycles. The monoisotopic (exact) mass is 549 g/mol. The molecule has 5 nitrogen and oxygen atoms in total. The summed E-state index contributed by atoms with van der Waals surface area (Å²) in [4.78, 5) is 12.4. The summed E-state index contributed by atoms with van der Waals surface area (Å²) in [6.07, 6.45) is 0.348. The molecule has 1 N–H and O–H groups in total. The van der Waals surface area contributed by atoms with Crippen LogP contribution in [0, 0.1) is 12.8 Å². The Labute approximate surface area is 220 Å². The van der Waals surface area contributed by atoms with Crippen molar-refractivity contribution in [3.8, 4) is 0 Å². The van der Waals surface area contributed by atoms with Crippen LogP contribution < -0.4 is 0 Å². The Bertz CT molecular complexity index is 1300. The molecule has 184 valence electrons. The van der Waals surface area contributed by atoms with Gasteiger partial charge in [0.1, 0.15) is 0 Å². The van der Waals surface area contributed by atoms with Crippen molar-refractivity contribution in [2.75, 3.05) is 6.54 Å². The highest BCUT2D eigenvalue weighted by molar-refractivity contribution is 7.99. The van der Waals surface area contributed by atoms with E-state index in [1.807, 2.05) is 25.1 Å². The zero-order valence-electron chi connectivity index (χ0n) is 19.0. The van der Waals surface area contributed by atoms with Crippen LogP contribution in [0.1, 0.15) is 29.2 Å². The lowest BCUT2D eigenvalue weighted by Crippen LogP contribution is -2.49. The van der Waals surface area contributed by atoms with Gasteiger partial charge in [0.25, 0.3) is 0 Å². The highest BCUT2D eigenvalue weighted by atomic mass is 35.5. The summed E-state index contributed by atoms with van der Waals surface area (Å²) in [5, 5.41) is 10.9. The molecule has 1 saturated heterocycles. The van der Waals surface area contributed by atoms with Crippen molar-refractivity contribution in [2.24, 2.45) is 5.92 Å². The van der Waals surface area contributed by atoms with Gasteiger partial charge < -0.3 is 5.11 Å². The number of sulfonamides is 1. The molecule has 3 aromatic rings. The van der Waals surface area contributed by atoms with E-state index in [9.17, 15) is 18.3 Å². The molecule has 4 rings (SSSR count). The molecule has 0 radical (unpaired) electrons. The molecule has 0 bridgehead atoms. The molecule has 0 amide bonds. The van der Waals surface area contributed by atoms with E-state index >= 15 is 0 Å². The van der Waals surface area contributed by atoms with Gasteiger partial charge in [0.05, 0.1) is 16.9 Å². The Morgan fingerprint density at radius 3 is 2.34 bits per heavy atom. The van der Waals surface area contributed by atoms with Crippen LogP contribution in [0.15, 0.2) is 77.7 Å². The van der Waals surface area contributed by atoms with Gasteiger partial charge in [0, 0.05) is 27.6 Å². The van der Waals surface area contributed by atoms with Gasteiger partial charge in [0.2, 0.25) is 10.0 Å². The van der Waals surface area contributed by atoms with E-state index < -0.39 is 28.0 Å². The number of piperidine rings is 1. The molecule has 0 spiro atoms. The zero-order chi connectivity index (χ0) is 25.2. The number of aliphatic carboxylic acids is 1. The summed E-state index contributed by atoms with van der Waals surface area (Å²) < 4.78 is 28.8. The lowest BCUT2D eigenvalue weighted by Gasteiger charge is -2.42. The fourth-order valence-electron chi connectivity index (χ4n) is 4.27. The summed E-state index contributed by atoms with van der Waals surface area (Å²) >= 11 is 13.8. The number of carboxylic acids is 1. The maximum atomic E-state index is 13.7. The molecule has 0 unspecified atom stereocenters. The van der Waals surface area contributed by atoms with Crippen LogP contribution in [0.5, 0.6) is 0 Å². The topological polar surface area (TPSA) is 74.7 Å². The molecule has 1 aliphatic rings. The van der Waals surface area contributed by atoms with Crippen LogP contribution in [0.2, 0.25) is 10.0 Å². The number of rotatable bonds is 7. The average molecular weight is 551 g/mol. The van der Waals surface area contributed by atoms with Crippen molar-refractivity contribution >= 4 is 51.0 Å². The lowest BCUT2D eigenvalue weighted by atomic mass is 9.90. The van der Waals surface area contributed by atoms with Gasteiger partial charge in [-0.2, -0.15) is 16.1 Å². The number of carbonyl (C=O) groups is 1. The second-order valence-electron chi connectivity index (χ2n) is 8.61. The van der Waals surface area contributed by atoms with E-state index in [1.165, 1.54) is 16.1 Å². The van der Waals surface area contributed by atoms with Gasteiger partial charge in [-0.1, -0.05) is 65.2 Å². The van der Waals surface area contributed by atoms with E-state index in [2.05, 4.69) is 0 Å². The number of nitrogens with zero attached hydrogens (tertiary/aromatic N) is 1. The summed E-state index contributed by atoms with van der Waals surface area (Å²) in [6, 6.07) is 20.6. The second kappa shape index (κ2) is 10.9. The third-order valence-electron chi connectivity index (χ3n) is 6.18. The minimum absolute atomic E-state index is 0.124. The highest BCUT2D eigenvalue weighted by Gasteiger charge is 2.45. The first kappa shape index (κ1) is 26.0. The summed E-state index contributed by atoms with van der Waals surface area (Å²) in [7, 11) is -3.95. The normalized spacial score (nSPS) is 21.1. The van der Waals surface area contributed by atoms with Gasteiger partial charge in [-0.05, 0) is 60.9 Å². The van der Waals surface area contributed by atoms with Gasteiger partial charge >= 0.3 is 5.97 Å². The van der Waals surface area contributed by atoms with Crippen molar-refractivity contribution in [1.29, 1.82) is 0 Å². The molecule has 1 fully saturated rings. The Morgan fingerprint density at radius 2 is 1.71 bits per heavy atom. The zero-order valence-corrected chi connectivity index (χ0v) is 22.1. The summed E-state index contributed by atoms with van der Waals surface area (Å²) in [5.41, 5.74) is 2.71. The smallest absolute Gasteiger partial charge is 0.308 e. The summed E-state index contributed by atoms with van der Waals surface area (Å²) in [5.74, 6) is -1.27. The first-order chi connectivity index (χ1) is 16.6. The minimum Gasteiger partial charge on any atom is -0.481 e. The first-order valence-electron chi connectivity index (χ1n) is 11.1. The predicted octanol–water partition coefficient (Wildman–Crippen LogP) is 6.44. The fraction of sp³-hybridized carbons (Fsp3) is 0.269. The van der Waals surface area contributed by atoms with Crippen LogP contribution in [-0.4, -0.2) is 35.6 Å². The average Bonchev–Trinajstić information content (AvgIpc) is 2.83. The molecule has 1 aliphatic heterocycles. The number of aryl methyl sites for hydroxylation is 1. The second-order valence-corrected chi connectivity index (χ2v) is 12.6. The van der Waals surface area contributed by atoms with Gasteiger partial charge in [-0.3, -0.25) is 4.79 Å². The highest BCUT2D eigenvalue weighted by Crippen LogP contribution is 2.43. The SMILES string of the molecule is Cc1ccc(S(=O)(=O)N2C[C@@H](C(=O)O)[C@H](SCc3ccc(Cl)cc3)C[C@H]2c2cccc(Cl)c2)cc1. The molecule has 1 heterocycles. The lowest BCUT2D eigenvalue weighted by molar-refractivity contribution is -0.143. The molecular formula is C26H25Cl2NO4S2. The van der Waals surface area contributed by atoms with E-state index in [4.69, 9.17) is 23.2 Å². The fourth-order valence-corrected chi connectivity index (χ4v) is 7.60. The number of hydrogen-bond donors (Lipinski definition) is 1. The first-order valence-corrected chi connectivity index (χ1v) is 14.3. The number of thioether (sulfide) groups is 1. The standard InChI is InChI=1S/C26H25Cl2NO4S2/c1-17-5-11-22(12-6-17)35(32,33)29-15-23(26(30)31)25(34-16-18-7-9-20(27)10-8-18)14-24(29)19-3-2-4-21(28)13-19/h2-13,23-25H,14-16H2,1H3,(H,30,31)/t23-,24+,25-/m1/s1. The van der Waals surface area contributed by atoms with E-state index in [1.54, 1.807) is 54.6 Å². The Morgan fingerprint density at radius 1 is 1.03 bits per heavy atom. The molecule has 0 aliphatic carbocycles. The number of hydrogen-bond acceptors (Lipinski definition) is 4. The van der Waals surface area contributed by atoms with Crippen LogP contribution in [0.3, 0.4) is 0 Å². The van der Waals surface area contributed by atoms with Crippen molar-refractivity contribution in [1.82, 2.24) is 4.31 Å². The van der Waals surface area contributed by atoms with Crippen molar-refractivity contribution in [2.45, 2.75) is 35.3 Å². The Kier molecular flexibility index (Phi) is 8.13. The summed E-state index contributed by atoms with van der Waals surface area (Å²) in [6.45, 7) is 1.76. The van der Waals surface area contributed by atoms with Gasteiger partial charge in [-0.25, -0.2) is 8.42 Å².